The summed E-state index contributed by atoms with van der Waals surface area (Å²) < 4.78 is 10.5. The molecule has 1 spiro atoms. The molecule has 0 atom stereocenters. The van der Waals surface area contributed by atoms with Gasteiger partial charge >= 0.3 is 5.97 Å². The van der Waals surface area contributed by atoms with Crippen molar-refractivity contribution in [3.8, 4) is 5.75 Å². The van der Waals surface area contributed by atoms with Crippen molar-refractivity contribution in [2.45, 2.75) is 26.4 Å². The van der Waals surface area contributed by atoms with Crippen LogP contribution in [0.4, 0.5) is 5.95 Å². The summed E-state index contributed by atoms with van der Waals surface area (Å²) in [6, 6.07) is 0. The zero-order valence-electron chi connectivity index (χ0n) is 13.3. The van der Waals surface area contributed by atoms with Crippen molar-refractivity contribution in [1.29, 1.82) is 0 Å². The summed E-state index contributed by atoms with van der Waals surface area (Å²) in [5, 5.41) is 3.30. The number of hydrogen-bond donors (Lipinski definition) is 1. The zero-order valence-corrected chi connectivity index (χ0v) is 13.3. The van der Waals surface area contributed by atoms with Crippen LogP contribution in [-0.4, -0.2) is 54.3 Å². The predicted molar refractivity (Wildman–Crippen MR) is 80.9 cm³/mol. The number of rotatable bonds is 4. The summed E-state index contributed by atoms with van der Waals surface area (Å²) >= 11 is 0. The first-order valence-electron chi connectivity index (χ1n) is 7.48. The van der Waals surface area contributed by atoms with E-state index in [2.05, 4.69) is 20.2 Å². The first-order chi connectivity index (χ1) is 10.4. The van der Waals surface area contributed by atoms with Gasteiger partial charge in [-0.2, -0.15) is 0 Å². The van der Waals surface area contributed by atoms with Gasteiger partial charge in [-0.25, -0.2) is 14.8 Å². The van der Waals surface area contributed by atoms with E-state index in [-0.39, 0.29) is 6.61 Å². The van der Waals surface area contributed by atoms with E-state index in [4.69, 9.17) is 9.47 Å². The van der Waals surface area contributed by atoms with Gasteiger partial charge in [0.25, 0.3) is 0 Å². The molecule has 0 bridgehead atoms. The van der Waals surface area contributed by atoms with Crippen LogP contribution in [-0.2, 0) is 9.53 Å². The average molecular weight is 306 g/mol. The van der Waals surface area contributed by atoms with Gasteiger partial charge in [0.1, 0.15) is 5.60 Å². The SMILES string of the molecule is CC(C)(C)OC(=O)COc1cnc(N2CC3(CNC3)C2)nc1. The third-order valence-electron chi connectivity index (χ3n) is 3.73. The lowest BCUT2D eigenvalue weighted by atomic mass is 9.75. The Balaban J connectivity index is 1.47. The molecule has 2 aliphatic heterocycles. The van der Waals surface area contributed by atoms with Crippen LogP contribution in [0.15, 0.2) is 12.4 Å². The molecular formula is C15H22N4O3. The predicted octanol–water partition coefficient (Wildman–Crippen LogP) is 0.607. The first kappa shape index (κ1) is 15.0. The van der Waals surface area contributed by atoms with E-state index >= 15 is 0 Å². The van der Waals surface area contributed by atoms with Gasteiger partial charge < -0.3 is 19.7 Å². The third-order valence-corrected chi connectivity index (χ3v) is 3.73. The van der Waals surface area contributed by atoms with Gasteiger partial charge in [-0.05, 0) is 20.8 Å². The van der Waals surface area contributed by atoms with Crippen LogP contribution in [0.25, 0.3) is 0 Å². The topological polar surface area (TPSA) is 76.6 Å². The molecule has 1 aromatic rings. The largest absolute Gasteiger partial charge is 0.479 e. The van der Waals surface area contributed by atoms with Crippen molar-refractivity contribution in [3.63, 3.8) is 0 Å². The van der Waals surface area contributed by atoms with E-state index in [0.717, 1.165) is 26.2 Å². The van der Waals surface area contributed by atoms with Crippen LogP contribution in [0.3, 0.4) is 0 Å². The summed E-state index contributed by atoms with van der Waals surface area (Å²) in [7, 11) is 0. The van der Waals surface area contributed by atoms with Crippen molar-refractivity contribution < 1.29 is 14.3 Å². The molecule has 3 heterocycles. The number of nitrogens with one attached hydrogen (secondary N) is 1. The van der Waals surface area contributed by atoms with Gasteiger partial charge in [-0.1, -0.05) is 0 Å². The molecule has 0 aromatic carbocycles. The second kappa shape index (κ2) is 5.39. The van der Waals surface area contributed by atoms with Crippen molar-refractivity contribution in [3.05, 3.63) is 12.4 Å². The third kappa shape index (κ3) is 3.30. The monoisotopic (exact) mass is 306 g/mol. The van der Waals surface area contributed by atoms with Gasteiger partial charge in [-0.15, -0.1) is 0 Å². The zero-order chi connectivity index (χ0) is 15.8. The lowest BCUT2D eigenvalue weighted by Gasteiger charge is -2.55. The fourth-order valence-corrected chi connectivity index (χ4v) is 2.67. The Hall–Kier alpha value is -1.89. The van der Waals surface area contributed by atoms with Crippen LogP contribution in [0, 0.1) is 5.41 Å². The van der Waals surface area contributed by atoms with E-state index in [1.165, 1.54) is 0 Å². The van der Waals surface area contributed by atoms with Gasteiger partial charge in [-0.3, -0.25) is 0 Å². The van der Waals surface area contributed by atoms with Crippen LogP contribution in [0.1, 0.15) is 20.8 Å². The molecule has 3 rings (SSSR count). The molecule has 7 heteroatoms. The number of carbonyl (C=O) groups is 1. The number of aromatic nitrogens is 2. The molecule has 7 nitrogen and oxygen atoms in total. The number of nitrogens with zero attached hydrogens (tertiary/aromatic N) is 3. The normalized spacial score (nSPS) is 19.3. The number of hydrogen-bond acceptors (Lipinski definition) is 7. The summed E-state index contributed by atoms with van der Waals surface area (Å²) in [4.78, 5) is 22.3. The standard InChI is InChI=1S/C15H22N4O3/c1-14(2,3)22-12(20)6-21-11-4-17-13(18-5-11)19-9-15(10-19)7-16-8-15/h4-5,16H,6-10H2,1-3H3. The van der Waals surface area contributed by atoms with E-state index < -0.39 is 11.6 Å². The number of esters is 1. The Morgan fingerprint density at radius 1 is 1.32 bits per heavy atom. The first-order valence-corrected chi connectivity index (χ1v) is 7.48. The van der Waals surface area contributed by atoms with Crippen molar-refractivity contribution in [1.82, 2.24) is 15.3 Å². The summed E-state index contributed by atoms with van der Waals surface area (Å²) in [5.41, 5.74) is -0.0696. The highest BCUT2D eigenvalue weighted by Crippen LogP contribution is 2.35. The highest BCUT2D eigenvalue weighted by atomic mass is 16.6. The van der Waals surface area contributed by atoms with Gasteiger partial charge in [0.05, 0.1) is 12.4 Å². The molecule has 2 saturated heterocycles. The highest BCUT2D eigenvalue weighted by Gasteiger charge is 2.48. The maximum atomic E-state index is 11.6. The highest BCUT2D eigenvalue weighted by molar-refractivity contribution is 5.71. The van der Waals surface area contributed by atoms with Gasteiger partial charge in [0, 0.05) is 31.6 Å². The maximum Gasteiger partial charge on any atom is 0.344 e. The lowest BCUT2D eigenvalue weighted by Crippen LogP contribution is -2.71. The van der Waals surface area contributed by atoms with E-state index in [1.54, 1.807) is 12.4 Å². The van der Waals surface area contributed by atoms with E-state index in [1.807, 2.05) is 20.8 Å². The minimum Gasteiger partial charge on any atom is -0.479 e. The van der Waals surface area contributed by atoms with Crippen molar-refractivity contribution in [2.75, 3.05) is 37.7 Å². The Kier molecular flexibility index (Phi) is 3.68. The molecule has 2 fully saturated rings. The Morgan fingerprint density at radius 2 is 1.95 bits per heavy atom. The number of anilines is 1. The van der Waals surface area contributed by atoms with E-state index in [0.29, 0.717) is 17.1 Å². The fraction of sp³-hybridized carbons (Fsp3) is 0.667. The molecule has 120 valence electrons. The molecule has 0 amide bonds. The Bertz CT molecular complexity index is 541. The van der Waals surface area contributed by atoms with Crippen molar-refractivity contribution >= 4 is 11.9 Å². The Labute approximate surface area is 130 Å². The molecule has 2 aliphatic rings. The van der Waals surface area contributed by atoms with Gasteiger partial charge in [0.15, 0.2) is 12.4 Å². The molecule has 22 heavy (non-hydrogen) atoms. The van der Waals surface area contributed by atoms with Crippen LogP contribution >= 0.6 is 0 Å². The smallest absolute Gasteiger partial charge is 0.344 e. The fourth-order valence-electron chi connectivity index (χ4n) is 2.67. The molecule has 0 aliphatic carbocycles. The van der Waals surface area contributed by atoms with Crippen LogP contribution < -0.4 is 15.0 Å². The molecule has 1 N–H and O–H groups in total. The lowest BCUT2D eigenvalue weighted by molar-refractivity contribution is -0.157. The maximum absolute atomic E-state index is 11.6. The van der Waals surface area contributed by atoms with Crippen LogP contribution in [0.2, 0.25) is 0 Å². The molecule has 0 saturated carbocycles. The summed E-state index contributed by atoms with van der Waals surface area (Å²) in [5.74, 6) is 0.774. The van der Waals surface area contributed by atoms with Gasteiger partial charge in [0.2, 0.25) is 5.95 Å². The molecule has 0 unspecified atom stereocenters. The Morgan fingerprint density at radius 3 is 2.45 bits per heavy atom. The van der Waals surface area contributed by atoms with Crippen molar-refractivity contribution in [2.24, 2.45) is 5.41 Å². The van der Waals surface area contributed by atoms with Crippen LogP contribution in [0.5, 0.6) is 5.75 Å². The number of ether oxygens (including phenoxy) is 2. The molecule has 0 radical (unpaired) electrons. The van der Waals surface area contributed by atoms with E-state index in [9.17, 15) is 4.79 Å². The molecular weight excluding hydrogens is 284 g/mol. The quantitative estimate of drug-likeness (QED) is 0.817. The second-order valence-electron chi connectivity index (χ2n) is 7.05. The second-order valence-corrected chi connectivity index (χ2v) is 7.05. The number of carbonyl (C=O) groups excluding carboxylic acids is 1. The minimum absolute atomic E-state index is 0.140. The summed E-state index contributed by atoms with van der Waals surface area (Å²) in [6.45, 7) is 9.48. The average Bonchev–Trinajstić information content (AvgIpc) is 2.32. The summed E-state index contributed by atoms with van der Waals surface area (Å²) in [6.07, 6.45) is 3.19. The molecule has 1 aromatic heterocycles. The minimum atomic E-state index is -0.509.